The molecule has 2 amide bonds. The molecule has 2 rings (SSSR count). The van der Waals surface area contributed by atoms with E-state index < -0.39 is 11.6 Å². The number of carbonyl (C=O) groups excluding carboxylic acids is 2. The third kappa shape index (κ3) is 8.43. The van der Waals surface area contributed by atoms with Crippen molar-refractivity contribution in [1.29, 1.82) is 0 Å². The Kier molecular flexibility index (Phi) is 10.4. The van der Waals surface area contributed by atoms with E-state index in [2.05, 4.69) is 5.32 Å². The molecule has 0 aliphatic heterocycles. The number of nitrogens with one attached hydrogen (secondary N) is 1. The molecule has 5 nitrogen and oxygen atoms in total. The minimum Gasteiger partial charge on any atom is -0.497 e. The van der Waals surface area contributed by atoms with E-state index in [1.165, 1.54) is 11.8 Å². The predicted octanol–water partition coefficient (Wildman–Crippen LogP) is 5.96. The van der Waals surface area contributed by atoms with Crippen molar-refractivity contribution in [3.05, 3.63) is 63.6 Å². The zero-order valence-electron chi connectivity index (χ0n) is 19.8. The number of nitrogens with zero attached hydrogens (tertiary/aromatic N) is 1. The average molecular weight is 512 g/mol. The lowest BCUT2D eigenvalue weighted by Crippen LogP contribution is -2.53. The highest BCUT2D eigenvalue weighted by Gasteiger charge is 2.31. The first-order valence-corrected chi connectivity index (χ1v) is 12.7. The van der Waals surface area contributed by atoms with E-state index in [1.54, 1.807) is 30.2 Å². The van der Waals surface area contributed by atoms with Crippen molar-refractivity contribution in [2.75, 3.05) is 12.9 Å². The Bertz CT molecular complexity index is 925. The van der Waals surface area contributed by atoms with Gasteiger partial charge in [-0.1, -0.05) is 48.3 Å². The van der Waals surface area contributed by atoms with Gasteiger partial charge in [0.15, 0.2) is 0 Å². The molecule has 33 heavy (non-hydrogen) atoms. The molecule has 1 N–H and O–H groups in total. The maximum Gasteiger partial charge on any atom is 0.243 e. The maximum absolute atomic E-state index is 13.4. The molecule has 0 spiro atoms. The second-order valence-electron chi connectivity index (χ2n) is 8.73. The van der Waals surface area contributed by atoms with Crippen LogP contribution >= 0.6 is 35.0 Å². The van der Waals surface area contributed by atoms with Gasteiger partial charge in [-0.15, -0.1) is 11.8 Å². The fourth-order valence-corrected chi connectivity index (χ4v) is 4.67. The fourth-order valence-electron chi connectivity index (χ4n) is 3.29. The Morgan fingerprint density at radius 2 is 1.70 bits per heavy atom. The van der Waals surface area contributed by atoms with Gasteiger partial charge < -0.3 is 15.0 Å². The summed E-state index contributed by atoms with van der Waals surface area (Å²) in [4.78, 5) is 28.0. The molecule has 180 valence electrons. The highest BCUT2D eigenvalue weighted by molar-refractivity contribution is 7.99. The zero-order valence-corrected chi connectivity index (χ0v) is 22.1. The first kappa shape index (κ1) is 27.4. The Labute approximate surface area is 211 Å². The van der Waals surface area contributed by atoms with Crippen LogP contribution in [0.2, 0.25) is 10.0 Å². The van der Waals surface area contributed by atoms with Crippen molar-refractivity contribution in [2.24, 2.45) is 0 Å². The van der Waals surface area contributed by atoms with Gasteiger partial charge in [-0.3, -0.25) is 9.59 Å². The van der Waals surface area contributed by atoms with E-state index >= 15 is 0 Å². The van der Waals surface area contributed by atoms with Crippen molar-refractivity contribution in [3.8, 4) is 5.75 Å². The molecule has 1 unspecified atom stereocenters. The molecular formula is C25H32Cl2N2O3S. The maximum atomic E-state index is 13.4. The summed E-state index contributed by atoms with van der Waals surface area (Å²) in [6.07, 6.45) is 0.471. The third-order valence-electron chi connectivity index (χ3n) is 4.93. The first-order valence-electron chi connectivity index (χ1n) is 10.8. The predicted molar refractivity (Wildman–Crippen MR) is 138 cm³/mol. The molecule has 2 aromatic carbocycles. The van der Waals surface area contributed by atoms with Gasteiger partial charge in [0.05, 0.1) is 12.9 Å². The SMILES string of the molecule is CCC(C(=O)NC(C)(C)C)N(Cc1c(Cl)cccc1Cl)C(=O)CSCc1ccc(OC)cc1. The van der Waals surface area contributed by atoms with E-state index in [1.807, 2.05) is 52.0 Å². The van der Waals surface area contributed by atoms with Crippen LogP contribution in [0.3, 0.4) is 0 Å². The summed E-state index contributed by atoms with van der Waals surface area (Å²) < 4.78 is 5.19. The molecular weight excluding hydrogens is 479 g/mol. The largest absolute Gasteiger partial charge is 0.497 e. The van der Waals surface area contributed by atoms with Gasteiger partial charge in [0, 0.05) is 33.4 Å². The number of halogens is 2. The molecule has 1 atom stereocenters. The van der Waals surface area contributed by atoms with Gasteiger partial charge in [0.25, 0.3) is 0 Å². The van der Waals surface area contributed by atoms with Gasteiger partial charge in [-0.05, 0) is 57.0 Å². The van der Waals surface area contributed by atoms with Crippen LogP contribution in [0.1, 0.15) is 45.2 Å². The Hall–Kier alpha value is -1.89. The van der Waals surface area contributed by atoms with Crippen LogP contribution in [-0.2, 0) is 21.9 Å². The molecule has 0 aliphatic carbocycles. The highest BCUT2D eigenvalue weighted by atomic mass is 35.5. The van der Waals surface area contributed by atoms with E-state index in [0.717, 1.165) is 11.3 Å². The monoisotopic (exact) mass is 510 g/mol. The third-order valence-corrected chi connectivity index (χ3v) is 6.62. The second kappa shape index (κ2) is 12.5. The Morgan fingerprint density at radius 1 is 1.09 bits per heavy atom. The molecule has 0 bridgehead atoms. The number of ether oxygens (including phenoxy) is 1. The van der Waals surface area contributed by atoms with Crippen LogP contribution in [0, 0.1) is 0 Å². The van der Waals surface area contributed by atoms with Crippen molar-refractivity contribution >= 4 is 46.8 Å². The summed E-state index contributed by atoms with van der Waals surface area (Å²) in [6.45, 7) is 7.81. The number of benzene rings is 2. The molecule has 0 saturated carbocycles. The van der Waals surface area contributed by atoms with Crippen LogP contribution in [0.5, 0.6) is 5.75 Å². The summed E-state index contributed by atoms with van der Waals surface area (Å²) in [5.74, 6) is 1.36. The Morgan fingerprint density at radius 3 is 2.21 bits per heavy atom. The van der Waals surface area contributed by atoms with Gasteiger partial charge in [0.2, 0.25) is 11.8 Å². The lowest BCUT2D eigenvalue weighted by Gasteiger charge is -2.33. The van der Waals surface area contributed by atoms with E-state index in [4.69, 9.17) is 27.9 Å². The molecule has 2 aromatic rings. The lowest BCUT2D eigenvalue weighted by atomic mass is 10.1. The van der Waals surface area contributed by atoms with E-state index in [0.29, 0.717) is 27.8 Å². The summed E-state index contributed by atoms with van der Waals surface area (Å²) in [6, 6.07) is 12.3. The topological polar surface area (TPSA) is 58.6 Å². The molecule has 8 heteroatoms. The number of hydrogen-bond donors (Lipinski definition) is 1. The zero-order chi connectivity index (χ0) is 24.6. The van der Waals surface area contributed by atoms with Crippen LogP contribution in [0.4, 0.5) is 0 Å². The molecule has 0 aliphatic rings. The normalized spacial score (nSPS) is 12.2. The van der Waals surface area contributed by atoms with Crippen LogP contribution in [-0.4, -0.2) is 41.2 Å². The summed E-state index contributed by atoms with van der Waals surface area (Å²) in [7, 11) is 1.63. The Balaban J connectivity index is 2.20. The van der Waals surface area contributed by atoms with Crippen molar-refractivity contribution in [1.82, 2.24) is 10.2 Å². The van der Waals surface area contributed by atoms with Gasteiger partial charge in [0.1, 0.15) is 11.8 Å². The standard InChI is InChI=1S/C25H32Cl2N2O3S/c1-6-22(24(31)28-25(2,3)4)29(14-19-20(26)8-7-9-21(19)27)23(30)16-33-15-17-10-12-18(32-5)13-11-17/h7-13,22H,6,14-16H2,1-5H3,(H,28,31). The van der Waals surface area contributed by atoms with Crippen molar-refractivity contribution in [3.63, 3.8) is 0 Å². The smallest absolute Gasteiger partial charge is 0.243 e. The van der Waals surface area contributed by atoms with Gasteiger partial charge >= 0.3 is 0 Å². The molecule has 0 radical (unpaired) electrons. The number of carbonyl (C=O) groups is 2. The van der Waals surface area contributed by atoms with Gasteiger partial charge in [-0.25, -0.2) is 0 Å². The number of thioether (sulfide) groups is 1. The van der Waals surface area contributed by atoms with Crippen LogP contribution in [0.15, 0.2) is 42.5 Å². The van der Waals surface area contributed by atoms with E-state index in [-0.39, 0.29) is 24.1 Å². The van der Waals surface area contributed by atoms with Gasteiger partial charge in [-0.2, -0.15) is 0 Å². The summed E-state index contributed by atoms with van der Waals surface area (Å²) in [5, 5.41) is 3.94. The average Bonchev–Trinajstić information content (AvgIpc) is 2.74. The van der Waals surface area contributed by atoms with E-state index in [9.17, 15) is 9.59 Å². The van der Waals surface area contributed by atoms with Crippen LogP contribution in [0.25, 0.3) is 0 Å². The van der Waals surface area contributed by atoms with Crippen molar-refractivity contribution < 1.29 is 14.3 Å². The number of hydrogen-bond acceptors (Lipinski definition) is 4. The number of methoxy groups -OCH3 is 1. The summed E-state index contributed by atoms with van der Waals surface area (Å²) in [5.41, 5.74) is 1.31. The fraction of sp³-hybridized carbons (Fsp3) is 0.440. The first-order chi connectivity index (χ1) is 15.6. The molecule has 0 heterocycles. The number of amides is 2. The molecule has 0 fully saturated rings. The summed E-state index contributed by atoms with van der Waals surface area (Å²) >= 11 is 14.3. The minimum atomic E-state index is -0.634. The lowest BCUT2D eigenvalue weighted by molar-refractivity contribution is -0.140. The molecule has 0 saturated heterocycles. The highest BCUT2D eigenvalue weighted by Crippen LogP contribution is 2.28. The number of rotatable bonds is 10. The second-order valence-corrected chi connectivity index (χ2v) is 10.5. The minimum absolute atomic E-state index is 0.139. The quantitative estimate of drug-likeness (QED) is 0.428. The van der Waals surface area contributed by atoms with Crippen LogP contribution < -0.4 is 10.1 Å². The van der Waals surface area contributed by atoms with Crippen molar-refractivity contribution in [2.45, 2.75) is 58.0 Å². The molecule has 0 aromatic heterocycles.